The Morgan fingerprint density at radius 1 is 1.53 bits per heavy atom. The van der Waals surface area contributed by atoms with Crippen LogP contribution < -0.4 is 0 Å². The van der Waals surface area contributed by atoms with Gasteiger partial charge in [-0.2, -0.15) is 0 Å². The van der Waals surface area contributed by atoms with E-state index in [0.717, 1.165) is 12.5 Å². The van der Waals surface area contributed by atoms with E-state index >= 15 is 0 Å². The van der Waals surface area contributed by atoms with Crippen LogP contribution >= 0.6 is 0 Å². The van der Waals surface area contributed by atoms with Crippen molar-refractivity contribution in [3.63, 3.8) is 0 Å². The highest BCUT2D eigenvalue weighted by atomic mass is 28.2. The van der Waals surface area contributed by atoms with Crippen LogP contribution in [0, 0.1) is 0 Å². The molecule has 0 aliphatic heterocycles. The molecular formula is C12H21O4Si. The maximum absolute atomic E-state index is 10.8. The normalized spacial score (nSPS) is 10.1. The Kier molecular flexibility index (Phi) is 15.8. The molecular weight excluding hydrogens is 236 g/mol. The van der Waals surface area contributed by atoms with Crippen LogP contribution in [0.5, 0.6) is 0 Å². The zero-order valence-corrected chi connectivity index (χ0v) is 12.2. The summed E-state index contributed by atoms with van der Waals surface area (Å²) >= 11 is 0. The number of ether oxygens (including phenoxy) is 1. The Bertz CT molecular complexity index is 249. The van der Waals surface area contributed by atoms with Gasteiger partial charge in [-0.3, -0.25) is 4.79 Å². The van der Waals surface area contributed by atoms with Gasteiger partial charge in [0.15, 0.2) is 9.76 Å². The summed E-state index contributed by atoms with van der Waals surface area (Å²) in [4.78, 5) is 20.0. The third-order valence-corrected chi connectivity index (χ3v) is 2.76. The summed E-state index contributed by atoms with van der Waals surface area (Å²) < 4.78 is 9.86. The first-order valence-corrected chi connectivity index (χ1v) is 6.98. The average molecular weight is 257 g/mol. The third kappa shape index (κ3) is 17.4. The molecule has 5 heteroatoms. The van der Waals surface area contributed by atoms with Crippen molar-refractivity contribution >= 4 is 22.0 Å². The molecule has 0 saturated heterocycles. The summed E-state index contributed by atoms with van der Waals surface area (Å²) in [7, 11) is 1.36. The molecule has 0 heterocycles. The molecule has 0 unspecified atom stereocenters. The van der Waals surface area contributed by atoms with Gasteiger partial charge in [0.1, 0.15) is 0 Å². The molecule has 0 saturated carbocycles. The monoisotopic (exact) mass is 257 g/mol. The van der Waals surface area contributed by atoms with E-state index in [2.05, 4.69) is 6.58 Å². The molecule has 0 aromatic rings. The van der Waals surface area contributed by atoms with Gasteiger partial charge in [0.25, 0.3) is 0 Å². The van der Waals surface area contributed by atoms with Crippen LogP contribution in [0.3, 0.4) is 0 Å². The van der Waals surface area contributed by atoms with Gasteiger partial charge in [-0.1, -0.05) is 12.7 Å². The van der Waals surface area contributed by atoms with Gasteiger partial charge in [-0.15, -0.1) is 0 Å². The summed E-state index contributed by atoms with van der Waals surface area (Å²) in [5.41, 5.74) is 0.457. The van der Waals surface area contributed by atoms with Gasteiger partial charge >= 0.3 is 5.97 Å². The van der Waals surface area contributed by atoms with Crippen molar-refractivity contribution in [1.29, 1.82) is 0 Å². The SMILES string of the molecule is C=C(C)C(=O)OCCC[SiH2]OC.CC=C[C]=O. The highest BCUT2D eigenvalue weighted by Crippen LogP contribution is 1.95. The van der Waals surface area contributed by atoms with Crippen LogP contribution in [0.2, 0.25) is 6.04 Å². The van der Waals surface area contributed by atoms with Crippen molar-refractivity contribution in [3.05, 3.63) is 24.3 Å². The molecule has 0 rings (SSSR count). The Labute approximate surface area is 106 Å². The van der Waals surface area contributed by atoms with E-state index in [1.165, 1.54) is 6.08 Å². The van der Waals surface area contributed by atoms with Gasteiger partial charge in [-0.05, 0) is 32.4 Å². The van der Waals surface area contributed by atoms with E-state index in [4.69, 9.17) is 9.16 Å². The molecule has 17 heavy (non-hydrogen) atoms. The molecule has 0 aliphatic rings. The second-order valence-corrected chi connectivity index (χ2v) is 4.93. The Morgan fingerprint density at radius 3 is 2.53 bits per heavy atom. The molecule has 0 atom stereocenters. The lowest BCUT2D eigenvalue weighted by molar-refractivity contribution is -0.138. The smallest absolute Gasteiger partial charge is 0.333 e. The molecule has 0 spiro atoms. The first kappa shape index (κ1) is 18.2. The molecule has 0 aliphatic carbocycles. The van der Waals surface area contributed by atoms with Gasteiger partial charge < -0.3 is 9.16 Å². The van der Waals surface area contributed by atoms with Crippen LogP contribution in [0.4, 0.5) is 0 Å². The number of hydrogen-bond donors (Lipinski definition) is 0. The molecule has 0 aromatic heterocycles. The number of rotatable bonds is 7. The highest BCUT2D eigenvalue weighted by molar-refractivity contribution is 6.26. The quantitative estimate of drug-likeness (QED) is 0.299. The summed E-state index contributed by atoms with van der Waals surface area (Å²) in [6.07, 6.45) is 5.44. The molecule has 97 valence electrons. The van der Waals surface area contributed by atoms with Crippen molar-refractivity contribution in [2.45, 2.75) is 26.3 Å². The first-order chi connectivity index (χ1) is 8.09. The minimum atomic E-state index is -0.356. The van der Waals surface area contributed by atoms with Crippen LogP contribution in [0.25, 0.3) is 0 Å². The van der Waals surface area contributed by atoms with E-state index in [-0.39, 0.29) is 15.7 Å². The molecule has 1 radical (unpaired) electrons. The Hall–Kier alpha value is -1.20. The predicted molar refractivity (Wildman–Crippen MR) is 71.3 cm³/mol. The number of carbonyl (C=O) groups excluding carboxylic acids is 2. The molecule has 4 nitrogen and oxygen atoms in total. The lowest BCUT2D eigenvalue weighted by Gasteiger charge is -2.02. The maximum atomic E-state index is 10.8. The zero-order valence-electron chi connectivity index (χ0n) is 10.8. The minimum Gasteiger partial charge on any atom is -0.462 e. The Morgan fingerprint density at radius 2 is 2.18 bits per heavy atom. The zero-order chi connectivity index (χ0) is 13.5. The Balaban J connectivity index is 0. The second-order valence-electron chi connectivity index (χ2n) is 3.23. The van der Waals surface area contributed by atoms with E-state index in [9.17, 15) is 9.59 Å². The van der Waals surface area contributed by atoms with Gasteiger partial charge in [0, 0.05) is 12.7 Å². The van der Waals surface area contributed by atoms with Crippen LogP contribution in [0.1, 0.15) is 20.3 Å². The maximum Gasteiger partial charge on any atom is 0.333 e. The molecule has 0 N–H and O–H groups in total. The van der Waals surface area contributed by atoms with E-state index in [1.54, 1.807) is 33.3 Å². The fourth-order valence-corrected chi connectivity index (χ4v) is 1.40. The lowest BCUT2D eigenvalue weighted by atomic mass is 10.4. The van der Waals surface area contributed by atoms with Crippen LogP contribution in [0.15, 0.2) is 24.3 Å². The highest BCUT2D eigenvalue weighted by Gasteiger charge is 2.01. The summed E-state index contributed by atoms with van der Waals surface area (Å²) in [5, 5.41) is 0. The topological polar surface area (TPSA) is 52.6 Å². The van der Waals surface area contributed by atoms with Gasteiger partial charge in [-0.25, -0.2) is 4.79 Å². The first-order valence-electron chi connectivity index (χ1n) is 5.40. The summed E-state index contributed by atoms with van der Waals surface area (Å²) in [6, 6.07) is 1.06. The second kappa shape index (κ2) is 14.8. The number of allylic oxidation sites excluding steroid dienone is 2. The molecule has 0 aromatic carbocycles. The van der Waals surface area contributed by atoms with E-state index in [1.807, 2.05) is 0 Å². The largest absolute Gasteiger partial charge is 0.462 e. The fourth-order valence-electron chi connectivity index (χ4n) is 0.705. The predicted octanol–water partition coefficient (Wildman–Crippen LogP) is 1.32. The van der Waals surface area contributed by atoms with Gasteiger partial charge in [0.05, 0.1) is 6.61 Å². The fraction of sp³-hybridized carbons (Fsp3) is 0.500. The summed E-state index contributed by atoms with van der Waals surface area (Å²) in [5.74, 6) is -0.297. The third-order valence-electron chi connectivity index (χ3n) is 1.56. The average Bonchev–Trinajstić information content (AvgIpc) is 2.30. The van der Waals surface area contributed by atoms with E-state index in [0.29, 0.717) is 12.2 Å². The van der Waals surface area contributed by atoms with Crippen molar-refractivity contribution in [3.8, 4) is 0 Å². The number of hydrogen-bond acceptors (Lipinski definition) is 4. The summed E-state index contributed by atoms with van der Waals surface area (Å²) in [6.45, 7) is 7.38. The van der Waals surface area contributed by atoms with E-state index < -0.39 is 0 Å². The van der Waals surface area contributed by atoms with Crippen molar-refractivity contribution < 1.29 is 18.8 Å². The van der Waals surface area contributed by atoms with Crippen molar-refractivity contribution in [2.24, 2.45) is 0 Å². The molecule has 0 bridgehead atoms. The van der Waals surface area contributed by atoms with Crippen molar-refractivity contribution in [1.82, 2.24) is 0 Å². The minimum absolute atomic E-state index is 0.297. The molecule has 0 fully saturated rings. The standard InChI is InChI=1S/C8H16O3Si.C4H5O/c1-7(2)8(9)11-5-4-6-12-10-3;1-2-3-4-5/h1,4-6,12H2,2-3H3;2-3H,1H3. The number of esters is 1. The van der Waals surface area contributed by atoms with Crippen LogP contribution in [-0.2, 0) is 18.8 Å². The van der Waals surface area contributed by atoms with Crippen molar-refractivity contribution in [2.75, 3.05) is 13.7 Å². The van der Waals surface area contributed by atoms with Crippen LogP contribution in [-0.4, -0.2) is 35.7 Å². The lowest BCUT2D eigenvalue weighted by Crippen LogP contribution is -2.07. The van der Waals surface area contributed by atoms with Gasteiger partial charge in [0.2, 0.25) is 6.29 Å². The number of carbonyl (C=O) groups is 1. The molecule has 0 amide bonds.